The van der Waals surface area contributed by atoms with E-state index in [4.69, 9.17) is 17.1 Å². The average Bonchev–Trinajstić information content (AvgIpc) is 3.10. The predicted molar refractivity (Wildman–Crippen MR) is 86.9 cm³/mol. The highest BCUT2D eigenvalue weighted by molar-refractivity contribution is 5.73. The summed E-state index contributed by atoms with van der Waals surface area (Å²) in [6, 6.07) is 8.22. The van der Waals surface area contributed by atoms with Crippen LogP contribution in [0.3, 0.4) is 0 Å². The third kappa shape index (κ3) is 2.42. The second-order valence-electron chi connectivity index (χ2n) is 5.79. The number of anilines is 1. The zero-order chi connectivity index (χ0) is 14.8. The van der Waals surface area contributed by atoms with Gasteiger partial charge in [0.1, 0.15) is 17.3 Å². The van der Waals surface area contributed by atoms with Gasteiger partial charge in [0.25, 0.3) is 0 Å². The number of terminal acetylenes is 1. The fourth-order valence-corrected chi connectivity index (χ4v) is 3.27. The second kappa shape index (κ2) is 5.65. The summed E-state index contributed by atoms with van der Waals surface area (Å²) in [6.45, 7) is 2.58. The lowest BCUT2D eigenvalue weighted by Crippen LogP contribution is -2.09. The summed E-state index contributed by atoms with van der Waals surface area (Å²) in [5.74, 6) is 4.98. The molecule has 0 aliphatic heterocycles. The molecular weight excluding hydrogens is 258 g/mol. The Morgan fingerprint density at radius 3 is 2.71 bits per heavy atom. The Kier molecular flexibility index (Phi) is 3.70. The zero-order valence-corrected chi connectivity index (χ0v) is 12.5. The van der Waals surface area contributed by atoms with Gasteiger partial charge in [0.2, 0.25) is 0 Å². The molecule has 0 bridgehead atoms. The fourth-order valence-electron chi connectivity index (χ4n) is 3.27. The van der Waals surface area contributed by atoms with E-state index < -0.39 is 0 Å². The zero-order valence-electron chi connectivity index (χ0n) is 12.5. The molecule has 0 radical (unpaired) electrons. The number of benzene rings is 1. The summed E-state index contributed by atoms with van der Waals surface area (Å²) in [6.07, 6.45) is 10.4. The number of nitrogen functional groups attached to an aromatic ring is 1. The first kappa shape index (κ1) is 13.8. The molecule has 1 aliphatic rings. The molecule has 2 N–H and O–H groups in total. The lowest BCUT2D eigenvalue weighted by atomic mass is 10.1. The number of hydrogen-bond donors (Lipinski definition) is 1. The van der Waals surface area contributed by atoms with Gasteiger partial charge in [-0.05, 0) is 25.3 Å². The topological polar surface area (TPSA) is 43.8 Å². The van der Waals surface area contributed by atoms with Crippen molar-refractivity contribution in [3.8, 4) is 23.6 Å². The van der Waals surface area contributed by atoms with Gasteiger partial charge in [-0.2, -0.15) is 0 Å². The molecule has 0 amide bonds. The van der Waals surface area contributed by atoms with E-state index in [1.54, 1.807) is 0 Å². The van der Waals surface area contributed by atoms with Gasteiger partial charge in [0.05, 0.1) is 6.54 Å². The highest BCUT2D eigenvalue weighted by Gasteiger charge is 2.25. The van der Waals surface area contributed by atoms with E-state index in [9.17, 15) is 0 Å². The van der Waals surface area contributed by atoms with Crippen LogP contribution in [0.5, 0.6) is 0 Å². The Morgan fingerprint density at radius 2 is 2.05 bits per heavy atom. The molecule has 1 fully saturated rings. The van der Waals surface area contributed by atoms with Crippen LogP contribution in [-0.2, 0) is 6.54 Å². The Bertz CT molecular complexity index is 685. The SMILES string of the molecule is C#CCn1c(C2CCCC2)nc(-c2ccccc2C)c1N. The minimum Gasteiger partial charge on any atom is -0.383 e. The highest BCUT2D eigenvalue weighted by Crippen LogP contribution is 2.37. The maximum Gasteiger partial charge on any atom is 0.132 e. The number of nitrogens with zero attached hydrogens (tertiary/aromatic N) is 2. The molecule has 3 heteroatoms. The normalized spacial score (nSPS) is 15.2. The molecule has 0 spiro atoms. The molecule has 0 saturated heterocycles. The third-order valence-corrected chi connectivity index (χ3v) is 4.41. The van der Waals surface area contributed by atoms with Crippen molar-refractivity contribution in [1.82, 2.24) is 9.55 Å². The standard InChI is InChI=1S/C18H21N3/c1-3-12-21-17(19)16(15-11-7-4-8-13(15)2)20-18(21)14-9-5-6-10-14/h1,4,7-8,11,14H,5-6,9-10,12,19H2,2H3. The van der Waals surface area contributed by atoms with Crippen LogP contribution in [0.1, 0.15) is 43.0 Å². The first-order valence-electron chi connectivity index (χ1n) is 7.57. The third-order valence-electron chi connectivity index (χ3n) is 4.41. The smallest absolute Gasteiger partial charge is 0.132 e. The van der Waals surface area contributed by atoms with Crippen molar-refractivity contribution in [1.29, 1.82) is 0 Å². The van der Waals surface area contributed by atoms with Crippen molar-refractivity contribution in [2.24, 2.45) is 0 Å². The summed E-state index contributed by atoms with van der Waals surface area (Å²) in [4.78, 5) is 4.88. The van der Waals surface area contributed by atoms with E-state index in [1.165, 1.54) is 31.2 Å². The van der Waals surface area contributed by atoms with Crippen LogP contribution in [-0.4, -0.2) is 9.55 Å². The van der Waals surface area contributed by atoms with E-state index in [0.29, 0.717) is 18.3 Å². The first-order chi connectivity index (χ1) is 10.2. The number of rotatable bonds is 3. The Hall–Kier alpha value is -2.21. The van der Waals surface area contributed by atoms with Crippen LogP contribution in [0.25, 0.3) is 11.3 Å². The van der Waals surface area contributed by atoms with Crippen molar-refractivity contribution in [2.45, 2.75) is 45.1 Å². The molecule has 0 unspecified atom stereocenters. The van der Waals surface area contributed by atoms with Gasteiger partial charge < -0.3 is 10.3 Å². The molecule has 3 rings (SSSR count). The highest BCUT2D eigenvalue weighted by atomic mass is 15.1. The van der Waals surface area contributed by atoms with Crippen LogP contribution < -0.4 is 5.73 Å². The number of imidazole rings is 1. The van der Waals surface area contributed by atoms with Crippen LogP contribution >= 0.6 is 0 Å². The lowest BCUT2D eigenvalue weighted by molar-refractivity contribution is 0.622. The van der Waals surface area contributed by atoms with Crippen molar-refractivity contribution >= 4 is 5.82 Å². The molecule has 108 valence electrons. The molecule has 1 aromatic carbocycles. The van der Waals surface area contributed by atoms with Gasteiger partial charge in [-0.1, -0.05) is 43.0 Å². The van der Waals surface area contributed by atoms with Gasteiger partial charge in [-0.3, -0.25) is 0 Å². The van der Waals surface area contributed by atoms with Gasteiger partial charge in [0, 0.05) is 11.5 Å². The monoisotopic (exact) mass is 279 g/mol. The van der Waals surface area contributed by atoms with Crippen LogP contribution in [0, 0.1) is 19.3 Å². The van der Waals surface area contributed by atoms with Crippen molar-refractivity contribution in [3.05, 3.63) is 35.7 Å². The Labute approximate surface area is 126 Å². The van der Waals surface area contributed by atoms with E-state index in [2.05, 4.69) is 25.0 Å². The fraction of sp³-hybridized carbons (Fsp3) is 0.389. The number of hydrogen-bond acceptors (Lipinski definition) is 2. The number of aryl methyl sites for hydroxylation is 1. The van der Waals surface area contributed by atoms with Crippen molar-refractivity contribution in [2.75, 3.05) is 5.73 Å². The molecule has 21 heavy (non-hydrogen) atoms. The minimum atomic E-state index is 0.497. The molecule has 3 nitrogen and oxygen atoms in total. The maximum absolute atomic E-state index is 6.36. The number of nitrogens with two attached hydrogens (primary N) is 1. The molecule has 1 aromatic heterocycles. The molecule has 1 heterocycles. The largest absolute Gasteiger partial charge is 0.383 e. The quantitative estimate of drug-likeness (QED) is 0.870. The van der Waals surface area contributed by atoms with Crippen molar-refractivity contribution < 1.29 is 0 Å². The van der Waals surface area contributed by atoms with Gasteiger partial charge in [0.15, 0.2) is 0 Å². The summed E-state index contributed by atoms with van der Waals surface area (Å²) >= 11 is 0. The van der Waals surface area contributed by atoms with Crippen molar-refractivity contribution in [3.63, 3.8) is 0 Å². The van der Waals surface area contributed by atoms with E-state index in [0.717, 1.165) is 17.1 Å². The summed E-state index contributed by atoms with van der Waals surface area (Å²) < 4.78 is 2.03. The van der Waals surface area contributed by atoms with E-state index in [-0.39, 0.29) is 0 Å². The molecule has 0 atom stereocenters. The van der Waals surface area contributed by atoms with Gasteiger partial charge >= 0.3 is 0 Å². The summed E-state index contributed by atoms with van der Waals surface area (Å²) in [5.41, 5.74) is 9.53. The van der Waals surface area contributed by atoms with Crippen LogP contribution in [0.15, 0.2) is 24.3 Å². The average molecular weight is 279 g/mol. The molecular formula is C18H21N3. The Morgan fingerprint density at radius 1 is 1.33 bits per heavy atom. The lowest BCUT2D eigenvalue weighted by Gasteiger charge is -2.11. The van der Waals surface area contributed by atoms with Gasteiger partial charge in [-0.15, -0.1) is 6.42 Å². The molecule has 1 aliphatic carbocycles. The second-order valence-corrected chi connectivity index (χ2v) is 5.79. The van der Waals surface area contributed by atoms with Gasteiger partial charge in [-0.25, -0.2) is 4.98 Å². The Balaban J connectivity index is 2.12. The van der Waals surface area contributed by atoms with Crippen LogP contribution in [0.2, 0.25) is 0 Å². The maximum atomic E-state index is 6.36. The van der Waals surface area contributed by atoms with Crippen LogP contribution in [0.4, 0.5) is 5.82 Å². The number of aromatic nitrogens is 2. The van der Waals surface area contributed by atoms with E-state index >= 15 is 0 Å². The minimum absolute atomic E-state index is 0.497. The first-order valence-corrected chi connectivity index (χ1v) is 7.57. The molecule has 1 saturated carbocycles. The predicted octanol–water partition coefficient (Wildman–Crippen LogP) is 3.73. The van der Waals surface area contributed by atoms with E-state index in [1.807, 2.05) is 16.7 Å². The molecule has 2 aromatic rings. The summed E-state index contributed by atoms with van der Waals surface area (Å²) in [7, 11) is 0. The summed E-state index contributed by atoms with van der Waals surface area (Å²) in [5, 5.41) is 0.